The molecule has 4 aliphatic heterocycles. The summed E-state index contributed by atoms with van der Waals surface area (Å²) in [6, 6.07) is 39.3. The van der Waals surface area contributed by atoms with Gasteiger partial charge < -0.3 is 45.3 Å². The highest BCUT2D eigenvalue weighted by atomic mass is 127. The Morgan fingerprint density at radius 1 is 0.465 bits per heavy atom. The van der Waals surface area contributed by atoms with Gasteiger partial charge in [-0.25, -0.2) is 59.0 Å². The lowest BCUT2D eigenvalue weighted by molar-refractivity contribution is 0.0168. The van der Waals surface area contributed by atoms with Crippen LogP contribution in [0.25, 0.3) is 0 Å². The zero-order valence-corrected chi connectivity index (χ0v) is 89.4. The van der Waals surface area contributed by atoms with Crippen molar-refractivity contribution in [1.82, 2.24) is 59.5 Å². The summed E-state index contributed by atoms with van der Waals surface area (Å²) in [6.07, 6.45) is 17.1. The molecule has 750 valence electrons. The van der Waals surface area contributed by atoms with Crippen LogP contribution >= 0.6 is 103 Å². The molecular formula is C106H120Cl3IN14O14S4. The molecule has 2 saturated carbocycles. The van der Waals surface area contributed by atoms with Crippen molar-refractivity contribution in [3.8, 4) is 0 Å². The molecule has 142 heavy (non-hydrogen) atoms. The summed E-state index contributed by atoms with van der Waals surface area (Å²) in [5.41, 5.74) is 17.2. The van der Waals surface area contributed by atoms with Gasteiger partial charge in [-0.15, -0.1) is 45.3 Å². The molecule has 8 aromatic heterocycles. The van der Waals surface area contributed by atoms with Crippen LogP contribution < -0.4 is 11.1 Å². The minimum absolute atomic E-state index is 0.119. The number of hydrogen-bond donors (Lipinski definition) is 5. The molecule has 2 aliphatic carbocycles. The van der Waals surface area contributed by atoms with Crippen molar-refractivity contribution in [3.63, 3.8) is 0 Å². The zero-order valence-electron chi connectivity index (χ0n) is 81.7. The Morgan fingerprint density at radius 2 is 0.824 bits per heavy atom. The number of thiophene rings is 4. The van der Waals surface area contributed by atoms with Crippen LogP contribution in [0.2, 0.25) is 15.5 Å². The number of carbonyl (C=O) groups is 7. The molecule has 12 aromatic rings. The normalized spacial score (nSPS) is 19.7. The first-order valence-corrected chi connectivity index (χ1v) is 52.7. The lowest BCUT2D eigenvalue weighted by Gasteiger charge is -2.38. The summed E-state index contributed by atoms with van der Waals surface area (Å²) >= 11 is 25.3. The molecule has 12 heterocycles. The third-order valence-corrected chi connectivity index (χ3v) is 30.5. The van der Waals surface area contributed by atoms with Gasteiger partial charge in [-0.2, -0.15) is 0 Å². The Bertz CT molecular complexity index is 6380. The number of rotatable bonds is 15. The second-order valence-corrected chi connectivity index (χ2v) is 45.6. The number of hydrogen-bond acceptors (Lipinski definition) is 28. The number of fused-ring (bicyclic) bond motifs is 4. The van der Waals surface area contributed by atoms with E-state index in [4.69, 9.17) is 64.6 Å². The average molecular weight is 2180 g/mol. The number of amides is 4. The van der Waals surface area contributed by atoms with Crippen LogP contribution in [-0.2, 0) is 44.6 Å². The number of halogens is 4. The molecule has 11 atom stereocenters. The van der Waals surface area contributed by atoms with Crippen molar-refractivity contribution < 1.29 is 67.8 Å². The SMILES string of the molecule is CC(C)(C)OC(=O)N1CCc2ccccc2C1c1csc(C(=O)c2cncnc2Cl)c1.CC(C)(C)OC(=O)N1CCc2ccccc2C1c1csc(C(O)c2cncnc2Cl)c1.CC(C)(C)OC(=O)N1CCc2ccccc2C1c1csc(C=O)c1.C[C@H]1C[C@H](N)C[C@@H]1CO.C[C@H]1C[C@H](Nc2ncncc2C(=O)c2cc(C3c4ccccc4CCN3C(=O)OC(C)(C)C)cs2)C[C@@H]1CO.Clc1ncncc1I. The fourth-order valence-electron chi connectivity index (χ4n) is 18.1. The topological polar surface area (TPSA) is 371 Å². The average Bonchev–Trinajstić information content (AvgIpc) is 1.47. The fraction of sp³-hybridized carbons (Fsp3) is 0.406. The van der Waals surface area contributed by atoms with E-state index in [1.54, 1.807) is 32.0 Å². The lowest BCUT2D eigenvalue weighted by Crippen LogP contribution is -2.43. The van der Waals surface area contributed by atoms with Crippen LogP contribution in [0.4, 0.5) is 25.0 Å². The molecule has 6 aliphatic rings. The number of nitrogens with zero attached hydrogens (tertiary/aromatic N) is 12. The molecule has 28 nitrogen and oxygen atoms in total. The van der Waals surface area contributed by atoms with Crippen LogP contribution in [0.5, 0.6) is 0 Å². The van der Waals surface area contributed by atoms with Crippen molar-refractivity contribution in [1.29, 1.82) is 0 Å². The monoisotopic (exact) mass is 2170 g/mol. The quantitative estimate of drug-likeness (QED) is 0.0209. The highest BCUT2D eigenvalue weighted by molar-refractivity contribution is 14.1. The molecule has 5 unspecified atom stereocenters. The van der Waals surface area contributed by atoms with E-state index in [2.05, 4.69) is 112 Å². The van der Waals surface area contributed by atoms with Crippen molar-refractivity contribution in [2.24, 2.45) is 29.4 Å². The van der Waals surface area contributed by atoms with E-state index in [9.17, 15) is 43.8 Å². The minimum atomic E-state index is -0.943. The summed E-state index contributed by atoms with van der Waals surface area (Å²) in [5, 5.41) is 41.4. The number of nitrogens with one attached hydrogen (secondary N) is 1. The molecule has 0 bridgehead atoms. The molecule has 4 amide bonds. The van der Waals surface area contributed by atoms with Crippen LogP contribution in [-0.4, -0.2) is 191 Å². The Balaban J connectivity index is 0.000000152. The van der Waals surface area contributed by atoms with E-state index in [0.29, 0.717) is 98.2 Å². The van der Waals surface area contributed by atoms with Crippen LogP contribution in [0.1, 0.15) is 270 Å². The van der Waals surface area contributed by atoms with Gasteiger partial charge in [0.05, 0.1) is 53.5 Å². The van der Waals surface area contributed by atoms with Gasteiger partial charge >= 0.3 is 24.4 Å². The van der Waals surface area contributed by atoms with Gasteiger partial charge in [0, 0.05) is 86.7 Å². The van der Waals surface area contributed by atoms with Crippen LogP contribution in [0.3, 0.4) is 0 Å². The molecule has 0 radical (unpaired) electrons. The number of anilines is 1. The molecule has 18 rings (SSSR count). The first-order valence-electron chi connectivity index (χ1n) is 47.0. The number of nitrogens with two attached hydrogens (primary N) is 1. The van der Waals surface area contributed by atoms with Gasteiger partial charge in [-0.3, -0.25) is 34.0 Å². The highest BCUT2D eigenvalue weighted by Crippen LogP contribution is 2.46. The summed E-state index contributed by atoms with van der Waals surface area (Å²) in [6.45, 7) is 29.4. The van der Waals surface area contributed by atoms with E-state index >= 15 is 0 Å². The highest BCUT2D eigenvalue weighted by Gasteiger charge is 2.42. The predicted octanol–water partition coefficient (Wildman–Crippen LogP) is 22.5. The summed E-state index contributed by atoms with van der Waals surface area (Å²) in [4.78, 5) is 131. The summed E-state index contributed by atoms with van der Waals surface area (Å²) < 4.78 is 23.6. The Kier molecular flexibility index (Phi) is 37.0. The molecule has 36 heteroatoms. The molecule has 0 spiro atoms. The van der Waals surface area contributed by atoms with Gasteiger partial charge in [-0.1, -0.05) is 146 Å². The fourth-order valence-corrected chi connectivity index (χ4v) is 22.3. The number of benzene rings is 4. The van der Waals surface area contributed by atoms with Gasteiger partial charge in [0.25, 0.3) is 0 Å². The number of aliphatic hydroxyl groups excluding tert-OH is 3. The zero-order chi connectivity index (χ0) is 102. The standard InChI is InChI=1S/C30H36N4O4S.C23H24ClN3O3S.C23H22ClN3O3S.C19H21NO3S.C7H15NO.C4H2ClIN2/c1-18-11-22(12-20(18)15-35)33-28-24(14-31-17-32-28)27(36)25-13-21(16-39-25)26-23-8-6-5-7-19(23)9-10-34(26)29(37)38-30(2,3)4;2*1-23(2,3)30-22(29)27-9-8-14-6-4-5-7-16(14)19(27)15-10-18(31-12-15)20(28)17-11-25-13-26-21(17)24;1-19(2,3)23-18(22)20-9-8-13-6-4-5-7-16(13)17(20)14-10-15(11-21)24-12-14;1-5-2-7(8)3-6(5)4-9;5-4-3(6)1-7-2-8-4/h5-8,13-14,16-18,20,22,26,35H,9-12,15H2,1-4H3,(H,31,32,33);4-7,10-13,19-20,28H,8-9H2,1-3H3;4-7,10-13,19H,8-9H2,1-3H3;4-7,10-12,17H,8-9H2,1-3H3;5-7,9H,2-4,8H2,1H3;1-2H/t18-,20+,22-,26?;;;;5-,6+,7-;/m0...0./s1. The molecule has 4 aromatic carbocycles. The second kappa shape index (κ2) is 48.4. The number of carbonyl (C=O) groups excluding carboxylic acids is 7. The van der Waals surface area contributed by atoms with Gasteiger partial charge in [-0.05, 0) is 293 Å². The van der Waals surface area contributed by atoms with Gasteiger partial charge in [0.2, 0.25) is 11.6 Å². The Hall–Kier alpha value is -10.7. The number of aldehydes is 1. The molecule has 6 N–H and O–H groups in total. The molecule has 0 saturated heterocycles. The maximum absolute atomic E-state index is 13.7. The second-order valence-electron chi connectivity index (χ2n) is 39.7. The van der Waals surface area contributed by atoms with E-state index in [1.165, 1.54) is 105 Å². The van der Waals surface area contributed by atoms with Gasteiger partial charge in [0.1, 0.15) is 75.1 Å². The van der Waals surface area contributed by atoms with Crippen LogP contribution in [0.15, 0.2) is 193 Å². The number of ketones is 2. The van der Waals surface area contributed by atoms with Crippen molar-refractivity contribution in [2.45, 2.75) is 213 Å². The number of aromatic nitrogens is 8. The van der Waals surface area contributed by atoms with Crippen molar-refractivity contribution >= 4 is 151 Å². The van der Waals surface area contributed by atoms with E-state index < -0.39 is 28.5 Å². The Morgan fingerprint density at radius 3 is 1.19 bits per heavy atom. The summed E-state index contributed by atoms with van der Waals surface area (Å²) in [5.74, 6) is 1.86. The van der Waals surface area contributed by atoms with Gasteiger partial charge in [0.15, 0.2) is 6.29 Å². The smallest absolute Gasteiger partial charge is 0.411 e. The maximum atomic E-state index is 13.7. The lowest BCUT2D eigenvalue weighted by atomic mass is 9.89. The number of ether oxygens (including phenoxy) is 4. The number of aliphatic hydroxyl groups is 3. The molecule has 2 fully saturated rings. The first-order chi connectivity index (χ1) is 67.6. The third kappa shape index (κ3) is 28.1. The first kappa shape index (κ1) is 109. The maximum Gasteiger partial charge on any atom is 0.411 e. The third-order valence-electron chi connectivity index (χ3n) is 24.7. The Labute approximate surface area is 873 Å². The van der Waals surface area contributed by atoms with Crippen LogP contribution in [0, 0.1) is 27.2 Å². The van der Waals surface area contributed by atoms with Crippen molar-refractivity contribution in [3.05, 3.63) is 315 Å². The minimum Gasteiger partial charge on any atom is -0.444 e. The molecular weight excluding hydrogens is 2050 g/mol. The van der Waals surface area contributed by atoms with E-state index in [1.807, 2.05) is 196 Å². The largest absolute Gasteiger partial charge is 0.444 e. The summed E-state index contributed by atoms with van der Waals surface area (Å²) in [7, 11) is 0. The van der Waals surface area contributed by atoms with E-state index in [-0.39, 0.29) is 94.5 Å². The van der Waals surface area contributed by atoms with E-state index in [0.717, 1.165) is 106 Å². The van der Waals surface area contributed by atoms with Crippen molar-refractivity contribution in [2.75, 3.05) is 44.7 Å². The predicted molar refractivity (Wildman–Crippen MR) is 563 cm³/mol.